The molecule has 36 heavy (non-hydrogen) atoms. The Balaban J connectivity index is 1.49. The number of nitrogens with one attached hydrogen (secondary N) is 1. The van der Waals surface area contributed by atoms with Crippen LogP contribution in [-0.2, 0) is 9.53 Å². The first-order valence-electron chi connectivity index (χ1n) is 11.5. The number of fused-ring (bicyclic) bond motifs is 1. The molecule has 0 radical (unpaired) electrons. The number of aromatic nitrogens is 2. The van der Waals surface area contributed by atoms with Crippen LogP contribution in [0.2, 0.25) is 0 Å². The van der Waals surface area contributed by atoms with E-state index >= 15 is 0 Å². The van der Waals surface area contributed by atoms with Gasteiger partial charge in [0.05, 0.1) is 11.7 Å². The molecule has 8 nitrogen and oxygen atoms in total. The molecule has 0 saturated heterocycles. The van der Waals surface area contributed by atoms with Gasteiger partial charge in [0.2, 0.25) is 5.91 Å². The van der Waals surface area contributed by atoms with Crippen LogP contribution in [0.3, 0.4) is 0 Å². The summed E-state index contributed by atoms with van der Waals surface area (Å²) in [4.78, 5) is 44.0. The highest BCUT2D eigenvalue weighted by Crippen LogP contribution is 2.28. The van der Waals surface area contributed by atoms with Gasteiger partial charge in [-0.3, -0.25) is 14.2 Å². The smallest absolute Gasteiger partial charge is 0.348 e. The molecule has 186 valence electrons. The Morgan fingerprint density at radius 1 is 1.08 bits per heavy atom. The van der Waals surface area contributed by atoms with Crippen molar-refractivity contribution in [3.63, 3.8) is 0 Å². The first-order chi connectivity index (χ1) is 17.3. The van der Waals surface area contributed by atoms with Gasteiger partial charge in [-0.25, -0.2) is 9.78 Å². The largest absolute Gasteiger partial charge is 0.490 e. The molecule has 4 rings (SSSR count). The summed E-state index contributed by atoms with van der Waals surface area (Å²) < 4.78 is 12.2. The molecule has 2 heterocycles. The molecule has 2 aromatic heterocycles. The van der Waals surface area contributed by atoms with Gasteiger partial charge >= 0.3 is 5.97 Å². The Morgan fingerprint density at radius 3 is 2.58 bits per heavy atom. The minimum Gasteiger partial charge on any atom is -0.490 e. The predicted octanol–water partition coefficient (Wildman–Crippen LogP) is 4.82. The molecule has 0 bridgehead atoms. The van der Waals surface area contributed by atoms with Crippen LogP contribution in [0.25, 0.3) is 10.2 Å². The summed E-state index contributed by atoms with van der Waals surface area (Å²) >= 11 is 1.10. The van der Waals surface area contributed by atoms with Crippen molar-refractivity contribution in [1.82, 2.24) is 9.55 Å². The normalized spacial score (nSPS) is 11.8. The zero-order valence-electron chi connectivity index (χ0n) is 20.5. The van der Waals surface area contributed by atoms with Crippen molar-refractivity contribution in [3.8, 4) is 5.75 Å². The zero-order chi connectivity index (χ0) is 25.8. The van der Waals surface area contributed by atoms with Crippen LogP contribution in [0.1, 0.15) is 39.3 Å². The molecule has 0 spiro atoms. The number of hydrogen-bond donors (Lipinski definition) is 1. The van der Waals surface area contributed by atoms with Gasteiger partial charge in [0.25, 0.3) is 5.56 Å². The van der Waals surface area contributed by atoms with Crippen molar-refractivity contribution in [3.05, 3.63) is 86.8 Å². The predicted molar refractivity (Wildman–Crippen MR) is 140 cm³/mol. The fourth-order valence-electron chi connectivity index (χ4n) is 3.72. The molecule has 0 aliphatic rings. The molecule has 0 saturated carbocycles. The van der Waals surface area contributed by atoms with Crippen LogP contribution in [0.5, 0.6) is 5.75 Å². The van der Waals surface area contributed by atoms with Gasteiger partial charge < -0.3 is 14.8 Å². The van der Waals surface area contributed by atoms with Crippen molar-refractivity contribution in [2.24, 2.45) is 0 Å². The second-order valence-corrected chi connectivity index (χ2v) is 9.47. The van der Waals surface area contributed by atoms with Crippen molar-refractivity contribution in [1.29, 1.82) is 0 Å². The van der Waals surface area contributed by atoms with E-state index < -0.39 is 12.0 Å². The number of amides is 1. The summed E-state index contributed by atoms with van der Waals surface area (Å²) in [6.45, 7) is 7.44. The molecule has 1 amide bonds. The third-order valence-corrected chi connectivity index (χ3v) is 7.02. The molecular weight excluding hydrogens is 478 g/mol. The lowest BCUT2D eigenvalue weighted by Crippen LogP contribution is -2.32. The summed E-state index contributed by atoms with van der Waals surface area (Å²) in [6, 6.07) is 14.2. The van der Waals surface area contributed by atoms with Crippen LogP contribution >= 0.6 is 11.3 Å². The van der Waals surface area contributed by atoms with E-state index in [-0.39, 0.29) is 24.7 Å². The number of para-hydroxylation sites is 1. The highest BCUT2D eigenvalue weighted by Gasteiger charge is 2.24. The molecule has 0 aliphatic heterocycles. The van der Waals surface area contributed by atoms with E-state index in [4.69, 9.17) is 9.47 Å². The summed E-state index contributed by atoms with van der Waals surface area (Å²) in [5.74, 6) is -0.191. The lowest BCUT2D eigenvalue weighted by molar-refractivity contribution is -0.118. The Morgan fingerprint density at radius 2 is 1.83 bits per heavy atom. The van der Waals surface area contributed by atoms with E-state index in [9.17, 15) is 14.4 Å². The highest BCUT2D eigenvalue weighted by molar-refractivity contribution is 7.20. The number of anilines is 1. The van der Waals surface area contributed by atoms with Gasteiger partial charge in [0, 0.05) is 5.69 Å². The van der Waals surface area contributed by atoms with E-state index in [0.717, 1.165) is 22.5 Å². The van der Waals surface area contributed by atoms with Gasteiger partial charge in [-0.1, -0.05) is 30.3 Å². The minimum atomic E-state index is -0.806. The maximum absolute atomic E-state index is 13.3. The number of hydrogen-bond acceptors (Lipinski definition) is 7. The van der Waals surface area contributed by atoms with Gasteiger partial charge in [0.1, 0.15) is 34.7 Å². The maximum atomic E-state index is 13.3. The Hall–Kier alpha value is -3.98. The average Bonchev–Trinajstić information content (AvgIpc) is 3.21. The molecule has 0 aliphatic carbocycles. The standard InChI is InChI=1S/C27H27N3O5S/c1-16-10-11-17(2)21(14-16)29-24(31)19(4)30-15-28-25-22(26(30)32)18(3)23(36-25)27(33)35-13-12-34-20-8-6-5-7-9-20/h5-11,14-15,19H,12-13H2,1-4H3,(H,29,31). The number of thiophene rings is 1. The SMILES string of the molecule is Cc1ccc(C)c(NC(=O)C(C)n2cnc3sc(C(=O)OCCOc4ccccc4)c(C)c3c2=O)c1. The summed E-state index contributed by atoms with van der Waals surface area (Å²) in [5, 5.41) is 3.20. The molecule has 1 atom stereocenters. The lowest BCUT2D eigenvalue weighted by Gasteiger charge is -2.16. The van der Waals surface area contributed by atoms with E-state index in [2.05, 4.69) is 10.3 Å². The van der Waals surface area contributed by atoms with E-state index in [1.54, 1.807) is 13.8 Å². The fraction of sp³-hybridized carbons (Fsp3) is 0.259. The lowest BCUT2D eigenvalue weighted by atomic mass is 10.1. The van der Waals surface area contributed by atoms with Crippen LogP contribution in [0, 0.1) is 20.8 Å². The van der Waals surface area contributed by atoms with Crippen molar-refractivity contribution in [2.75, 3.05) is 18.5 Å². The van der Waals surface area contributed by atoms with Crippen LogP contribution in [0.4, 0.5) is 5.69 Å². The number of aryl methyl sites for hydroxylation is 3. The Labute approximate surface area is 212 Å². The monoisotopic (exact) mass is 505 g/mol. The van der Waals surface area contributed by atoms with Gasteiger partial charge in [-0.15, -0.1) is 11.3 Å². The first kappa shape index (κ1) is 25.1. The van der Waals surface area contributed by atoms with Crippen LogP contribution in [-0.4, -0.2) is 34.6 Å². The van der Waals surface area contributed by atoms with Gasteiger partial charge in [-0.05, 0) is 62.6 Å². The first-order valence-corrected chi connectivity index (χ1v) is 12.3. The maximum Gasteiger partial charge on any atom is 0.348 e. The molecule has 1 unspecified atom stereocenters. The summed E-state index contributed by atoms with van der Waals surface area (Å²) in [5.41, 5.74) is 2.74. The number of nitrogens with zero attached hydrogens (tertiary/aromatic N) is 2. The second-order valence-electron chi connectivity index (χ2n) is 8.47. The molecular formula is C27H27N3O5S. The van der Waals surface area contributed by atoms with Crippen LogP contribution in [0.15, 0.2) is 59.7 Å². The number of carbonyl (C=O) groups excluding carboxylic acids is 2. The summed E-state index contributed by atoms with van der Waals surface area (Å²) in [7, 11) is 0. The number of ether oxygens (including phenoxy) is 2. The highest BCUT2D eigenvalue weighted by atomic mass is 32.1. The average molecular weight is 506 g/mol. The van der Waals surface area contributed by atoms with Gasteiger partial charge in [-0.2, -0.15) is 0 Å². The topological polar surface area (TPSA) is 99.5 Å². The molecule has 0 fully saturated rings. The number of carbonyl (C=O) groups is 2. The van der Waals surface area contributed by atoms with Crippen LogP contribution < -0.4 is 15.6 Å². The van der Waals surface area contributed by atoms with Crippen molar-refractivity contribution < 1.29 is 19.1 Å². The Bertz CT molecular complexity index is 1480. The Kier molecular flexibility index (Phi) is 7.49. The van der Waals surface area contributed by atoms with E-state index in [1.807, 2.05) is 62.4 Å². The number of esters is 1. The molecule has 2 aromatic carbocycles. The summed E-state index contributed by atoms with van der Waals surface area (Å²) in [6.07, 6.45) is 1.34. The van der Waals surface area contributed by atoms with E-state index in [0.29, 0.717) is 32.1 Å². The van der Waals surface area contributed by atoms with E-state index in [1.165, 1.54) is 10.9 Å². The third-order valence-electron chi connectivity index (χ3n) is 5.84. The second kappa shape index (κ2) is 10.7. The third kappa shape index (κ3) is 5.31. The number of benzene rings is 2. The molecule has 4 aromatic rings. The fourth-order valence-corrected chi connectivity index (χ4v) is 4.75. The number of rotatable bonds is 8. The van der Waals surface area contributed by atoms with Crippen molar-refractivity contribution in [2.45, 2.75) is 33.7 Å². The minimum absolute atomic E-state index is 0.0641. The van der Waals surface area contributed by atoms with Gasteiger partial charge in [0.15, 0.2) is 0 Å². The quantitative estimate of drug-likeness (QED) is 0.272. The van der Waals surface area contributed by atoms with Crippen molar-refractivity contribution >= 4 is 39.1 Å². The molecule has 9 heteroatoms. The molecule has 1 N–H and O–H groups in total. The zero-order valence-corrected chi connectivity index (χ0v) is 21.3.